The number of aromatic nitrogens is 1. The van der Waals surface area contributed by atoms with Crippen LogP contribution in [0.4, 0.5) is 5.69 Å². The van der Waals surface area contributed by atoms with Crippen LogP contribution in [0, 0.1) is 0 Å². The van der Waals surface area contributed by atoms with Crippen molar-refractivity contribution < 1.29 is 9.53 Å². The van der Waals surface area contributed by atoms with E-state index in [0.29, 0.717) is 13.1 Å². The van der Waals surface area contributed by atoms with Crippen molar-refractivity contribution >= 4 is 11.6 Å². The summed E-state index contributed by atoms with van der Waals surface area (Å²) in [6, 6.07) is 11.6. The van der Waals surface area contributed by atoms with Crippen molar-refractivity contribution in [3.05, 3.63) is 54.4 Å². The van der Waals surface area contributed by atoms with Gasteiger partial charge in [0.05, 0.1) is 32.1 Å². The number of pyridine rings is 1. The van der Waals surface area contributed by atoms with Gasteiger partial charge in [0.2, 0.25) is 5.91 Å². The number of amides is 1. The molecule has 0 atom stereocenters. The Bertz CT molecular complexity index is 715. The molecule has 0 bridgehead atoms. The molecule has 2 heterocycles. The van der Waals surface area contributed by atoms with Gasteiger partial charge in [0.1, 0.15) is 5.75 Å². The van der Waals surface area contributed by atoms with Crippen molar-refractivity contribution in [3.8, 4) is 5.75 Å². The molecule has 6 heteroatoms. The highest BCUT2D eigenvalue weighted by molar-refractivity contribution is 5.94. The van der Waals surface area contributed by atoms with Crippen LogP contribution in [0.3, 0.4) is 0 Å². The van der Waals surface area contributed by atoms with Gasteiger partial charge >= 0.3 is 0 Å². The highest BCUT2D eigenvalue weighted by Crippen LogP contribution is 2.23. The average Bonchev–Trinajstić information content (AvgIpc) is 2.68. The fourth-order valence-corrected chi connectivity index (χ4v) is 3.12. The number of piperazine rings is 1. The Morgan fingerprint density at radius 3 is 2.62 bits per heavy atom. The molecule has 1 aliphatic heterocycles. The van der Waals surface area contributed by atoms with Crippen molar-refractivity contribution in [1.82, 2.24) is 14.8 Å². The second-order valence-corrected chi connectivity index (χ2v) is 6.58. The second kappa shape index (κ2) is 8.78. The molecule has 1 amide bonds. The molecule has 0 spiro atoms. The van der Waals surface area contributed by atoms with Gasteiger partial charge in [-0.2, -0.15) is 0 Å². The van der Waals surface area contributed by atoms with Gasteiger partial charge in [-0.25, -0.2) is 0 Å². The predicted molar refractivity (Wildman–Crippen MR) is 102 cm³/mol. The molecule has 0 radical (unpaired) electrons. The summed E-state index contributed by atoms with van der Waals surface area (Å²) in [4.78, 5) is 23.6. The third-order valence-corrected chi connectivity index (χ3v) is 4.73. The third-order valence-electron chi connectivity index (χ3n) is 4.73. The molecule has 1 aliphatic rings. The van der Waals surface area contributed by atoms with E-state index < -0.39 is 0 Å². The Hall–Kier alpha value is -2.44. The van der Waals surface area contributed by atoms with E-state index in [1.807, 2.05) is 36.4 Å². The van der Waals surface area contributed by atoms with Gasteiger partial charge in [-0.05, 0) is 25.2 Å². The number of rotatable bonds is 6. The molecule has 0 N–H and O–H groups in total. The minimum atomic E-state index is 0.0773. The quantitative estimate of drug-likeness (QED) is 0.793. The van der Waals surface area contributed by atoms with E-state index in [9.17, 15) is 4.79 Å². The highest BCUT2D eigenvalue weighted by atomic mass is 16.5. The Labute approximate surface area is 155 Å². The van der Waals surface area contributed by atoms with E-state index in [1.165, 1.54) is 0 Å². The molecule has 1 fully saturated rings. The average molecular weight is 354 g/mol. The molecule has 0 aliphatic carbocycles. The van der Waals surface area contributed by atoms with Crippen molar-refractivity contribution in [2.24, 2.45) is 0 Å². The summed E-state index contributed by atoms with van der Waals surface area (Å²) >= 11 is 0. The highest BCUT2D eigenvalue weighted by Gasteiger charge is 2.22. The van der Waals surface area contributed by atoms with Crippen molar-refractivity contribution in [1.29, 1.82) is 0 Å². The smallest absolute Gasteiger partial charge is 0.241 e. The summed E-state index contributed by atoms with van der Waals surface area (Å²) in [5.74, 6) is 0.863. The number of methoxy groups -OCH3 is 1. The van der Waals surface area contributed by atoms with Gasteiger partial charge in [0, 0.05) is 37.9 Å². The number of benzene rings is 1. The molecule has 0 unspecified atom stereocenters. The first-order valence-electron chi connectivity index (χ1n) is 8.90. The van der Waals surface area contributed by atoms with Crippen molar-refractivity contribution in [2.45, 2.75) is 6.54 Å². The summed E-state index contributed by atoms with van der Waals surface area (Å²) in [5, 5.41) is 0. The number of hydrogen-bond donors (Lipinski definition) is 0. The topological polar surface area (TPSA) is 48.9 Å². The van der Waals surface area contributed by atoms with Crippen LogP contribution in [0.25, 0.3) is 0 Å². The maximum Gasteiger partial charge on any atom is 0.241 e. The number of para-hydroxylation sites is 1. The normalized spacial score (nSPS) is 15.6. The summed E-state index contributed by atoms with van der Waals surface area (Å²) in [7, 11) is 3.77. The maximum absolute atomic E-state index is 13.1. The van der Waals surface area contributed by atoms with Crippen LogP contribution in [0.1, 0.15) is 5.56 Å². The van der Waals surface area contributed by atoms with E-state index in [1.54, 1.807) is 24.4 Å². The van der Waals surface area contributed by atoms with E-state index in [-0.39, 0.29) is 5.91 Å². The summed E-state index contributed by atoms with van der Waals surface area (Å²) < 4.78 is 5.45. The van der Waals surface area contributed by atoms with Crippen LogP contribution in [-0.2, 0) is 11.3 Å². The third kappa shape index (κ3) is 4.59. The zero-order valence-electron chi connectivity index (χ0n) is 15.5. The molecule has 1 aromatic heterocycles. The molecule has 1 aromatic carbocycles. The summed E-state index contributed by atoms with van der Waals surface area (Å²) in [6.45, 7) is 4.69. The number of anilines is 1. The van der Waals surface area contributed by atoms with Gasteiger partial charge < -0.3 is 14.5 Å². The molecular formula is C20H26N4O2. The van der Waals surface area contributed by atoms with Gasteiger partial charge in [-0.1, -0.05) is 18.2 Å². The lowest BCUT2D eigenvalue weighted by molar-refractivity contribution is -0.120. The van der Waals surface area contributed by atoms with Crippen molar-refractivity contribution in [3.63, 3.8) is 0 Å². The maximum atomic E-state index is 13.1. The van der Waals surface area contributed by atoms with E-state index >= 15 is 0 Å². The number of likely N-dealkylation sites (N-methyl/N-ethyl adjacent to an activating group) is 1. The van der Waals surface area contributed by atoms with E-state index in [0.717, 1.165) is 43.2 Å². The van der Waals surface area contributed by atoms with Gasteiger partial charge in [-0.3, -0.25) is 14.7 Å². The first-order valence-corrected chi connectivity index (χ1v) is 8.90. The SMILES string of the molecule is COc1ccccc1CN(C(=O)CN1CCN(C)CC1)c1cccnc1. The number of hydrogen-bond acceptors (Lipinski definition) is 5. The second-order valence-electron chi connectivity index (χ2n) is 6.58. The minimum Gasteiger partial charge on any atom is -0.496 e. The lowest BCUT2D eigenvalue weighted by Crippen LogP contribution is -2.49. The van der Waals surface area contributed by atoms with Gasteiger partial charge in [-0.15, -0.1) is 0 Å². The summed E-state index contributed by atoms with van der Waals surface area (Å²) in [5.41, 5.74) is 1.78. The molecule has 1 saturated heterocycles. The monoisotopic (exact) mass is 354 g/mol. The zero-order chi connectivity index (χ0) is 18.4. The van der Waals surface area contributed by atoms with E-state index in [4.69, 9.17) is 4.74 Å². The number of nitrogens with zero attached hydrogens (tertiary/aromatic N) is 4. The molecule has 3 rings (SSSR count). The Balaban J connectivity index is 1.78. The van der Waals surface area contributed by atoms with Crippen LogP contribution in [0.2, 0.25) is 0 Å². The molecule has 2 aromatic rings. The van der Waals surface area contributed by atoms with Gasteiger partial charge in [0.15, 0.2) is 0 Å². The first kappa shape index (κ1) is 18.4. The number of carbonyl (C=O) groups excluding carboxylic acids is 1. The molecule has 138 valence electrons. The van der Waals surface area contributed by atoms with Crippen LogP contribution in [0.15, 0.2) is 48.8 Å². The first-order chi connectivity index (χ1) is 12.7. The molecular weight excluding hydrogens is 328 g/mol. The van der Waals surface area contributed by atoms with Crippen LogP contribution < -0.4 is 9.64 Å². The minimum absolute atomic E-state index is 0.0773. The Morgan fingerprint density at radius 2 is 1.92 bits per heavy atom. The van der Waals surface area contributed by atoms with Crippen LogP contribution in [-0.4, -0.2) is 67.6 Å². The Morgan fingerprint density at radius 1 is 1.15 bits per heavy atom. The number of carbonyl (C=O) groups is 1. The molecule has 0 saturated carbocycles. The fourth-order valence-electron chi connectivity index (χ4n) is 3.12. The van der Waals surface area contributed by atoms with Crippen LogP contribution in [0.5, 0.6) is 5.75 Å². The lowest BCUT2D eigenvalue weighted by Gasteiger charge is -2.33. The molecule has 6 nitrogen and oxygen atoms in total. The van der Waals surface area contributed by atoms with E-state index in [2.05, 4.69) is 21.8 Å². The lowest BCUT2D eigenvalue weighted by atomic mass is 10.1. The fraction of sp³-hybridized carbons (Fsp3) is 0.400. The predicted octanol–water partition coefficient (Wildman–Crippen LogP) is 1.87. The van der Waals surface area contributed by atoms with Crippen molar-refractivity contribution in [2.75, 3.05) is 51.8 Å². The van der Waals surface area contributed by atoms with Crippen LogP contribution >= 0.6 is 0 Å². The Kier molecular flexibility index (Phi) is 6.20. The standard InChI is InChI=1S/C20H26N4O2/c1-22-10-12-23(13-11-22)16-20(25)24(18-7-5-9-21-14-18)15-17-6-3-4-8-19(17)26-2/h3-9,14H,10-13,15-16H2,1-2H3. The number of ether oxygens (including phenoxy) is 1. The zero-order valence-corrected chi connectivity index (χ0v) is 15.5. The van der Waals surface area contributed by atoms with Gasteiger partial charge in [0.25, 0.3) is 0 Å². The largest absolute Gasteiger partial charge is 0.496 e. The summed E-state index contributed by atoms with van der Waals surface area (Å²) in [6.07, 6.45) is 3.45. The molecule has 26 heavy (non-hydrogen) atoms.